The fourth-order valence-corrected chi connectivity index (χ4v) is 3.36. The largest absolute Gasteiger partial charge is 0.494 e. The van der Waals surface area contributed by atoms with Gasteiger partial charge in [-0.1, -0.05) is 0 Å². The number of anilines is 1. The van der Waals surface area contributed by atoms with Crippen molar-refractivity contribution in [3.8, 4) is 5.75 Å². The Labute approximate surface area is 159 Å². The molecule has 1 heterocycles. The predicted octanol–water partition coefficient (Wildman–Crippen LogP) is 4.62. The molecule has 3 aromatic rings. The van der Waals surface area contributed by atoms with Gasteiger partial charge in [-0.25, -0.2) is 9.18 Å². The molecule has 1 amide bonds. The maximum absolute atomic E-state index is 13.3. The number of rotatable bonds is 6. The van der Waals surface area contributed by atoms with Crippen molar-refractivity contribution in [2.75, 3.05) is 11.9 Å². The summed E-state index contributed by atoms with van der Waals surface area (Å²) in [6.07, 6.45) is -0.981. The van der Waals surface area contributed by atoms with Gasteiger partial charge >= 0.3 is 5.97 Å². The van der Waals surface area contributed by atoms with Crippen LogP contribution in [0, 0.1) is 5.82 Å². The van der Waals surface area contributed by atoms with Crippen LogP contribution >= 0.6 is 11.3 Å². The Kier molecular flexibility index (Phi) is 5.71. The lowest BCUT2D eigenvalue weighted by atomic mass is 10.2. The van der Waals surface area contributed by atoms with Gasteiger partial charge in [-0.3, -0.25) is 4.79 Å². The van der Waals surface area contributed by atoms with Crippen molar-refractivity contribution in [2.45, 2.75) is 20.0 Å². The van der Waals surface area contributed by atoms with Crippen LogP contribution in [0.2, 0.25) is 0 Å². The standard InChI is InChI=1S/C20H18FNO4S/c1-3-25-16-7-5-15(6-8-16)22-19(23)12(2)26-20(24)18-11-13-10-14(21)4-9-17(13)27-18/h4-12H,3H2,1-2H3,(H,22,23)/t12-/m1/s1. The molecule has 1 aromatic heterocycles. The number of hydrogen-bond donors (Lipinski definition) is 1. The highest BCUT2D eigenvalue weighted by Gasteiger charge is 2.20. The third-order valence-electron chi connectivity index (χ3n) is 3.77. The molecule has 0 spiro atoms. The summed E-state index contributed by atoms with van der Waals surface area (Å²) in [4.78, 5) is 24.8. The molecule has 0 unspecified atom stereocenters. The van der Waals surface area contributed by atoms with E-state index in [0.717, 1.165) is 4.70 Å². The van der Waals surface area contributed by atoms with Gasteiger partial charge in [-0.15, -0.1) is 11.3 Å². The number of carbonyl (C=O) groups excluding carboxylic acids is 2. The zero-order valence-corrected chi connectivity index (χ0v) is 15.6. The number of benzene rings is 2. The molecule has 1 atom stereocenters. The molecule has 27 heavy (non-hydrogen) atoms. The van der Waals surface area contributed by atoms with Crippen molar-refractivity contribution < 1.29 is 23.5 Å². The summed E-state index contributed by atoms with van der Waals surface area (Å²) in [5.41, 5.74) is 0.573. The molecule has 1 N–H and O–H groups in total. The van der Waals surface area contributed by atoms with E-state index in [1.165, 1.54) is 30.4 Å². The van der Waals surface area contributed by atoms with Crippen molar-refractivity contribution in [1.82, 2.24) is 0 Å². The summed E-state index contributed by atoms with van der Waals surface area (Å²) in [5, 5.41) is 3.31. The van der Waals surface area contributed by atoms with Crippen molar-refractivity contribution in [1.29, 1.82) is 0 Å². The molecule has 0 aliphatic carbocycles. The van der Waals surface area contributed by atoms with Crippen molar-refractivity contribution in [3.63, 3.8) is 0 Å². The van der Waals surface area contributed by atoms with E-state index in [1.807, 2.05) is 6.92 Å². The quantitative estimate of drug-likeness (QED) is 0.627. The zero-order chi connectivity index (χ0) is 19.4. The molecule has 0 fully saturated rings. The molecule has 0 bridgehead atoms. The summed E-state index contributed by atoms with van der Waals surface area (Å²) < 4.78 is 24.6. The van der Waals surface area contributed by atoms with Crippen LogP contribution < -0.4 is 10.1 Å². The first-order chi connectivity index (χ1) is 13.0. The zero-order valence-electron chi connectivity index (χ0n) is 14.8. The third-order valence-corrected chi connectivity index (χ3v) is 4.86. The molecule has 0 radical (unpaired) electrons. The first-order valence-electron chi connectivity index (χ1n) is 8.40. The number of thiophene rings is 1. The number of esters is 1. The normalized spacial score (nSPS) is 11.8. The topological polar surface area (TPSA) is 64.6 Å². The molecule has 0 saturated heterocycles. The van der Waals surface area contributed by atoms with Crippen LogP contribution in [0.25, 0.3) is 10.1 Å². The number of halogens is 1. The van der Waals surface area contributed by atoms with Gasteiger partial charge in [0.1, 0.15) is 16.4 Å². The molecule has 0 saturated carbocycles. The monoisotopic (exact) mass is 387 g/mol. The van der Waals surface area contributed by atoms with E-state index in [-0.39, 0.29) is 5.82 Å². The number of hydrogen-bond acceptors (Lipinski definition) is 5. The Morgan fingerprint density at radius 1 is 1.15 bits per heavy atom. The molecule has 7 heteroatoms. The Morgan fingerprint density at radius 2 is 1.89 bits per heavy atom. The molecule has 3 rings (SSSR count). The van der Waals surface area contributed by atoms with E-state index in [9.17, 15) is 14.0 Å². The molecule has 2 aromatic carbocycles. The number of carbonyl (C=O) groups is 2. The fraction of sp³-hybridized carbons (Fsp3) is 0.200. The highest BCUT2D eigenvalue weighted by Crippen LogP contribution is 2.27. The van der Waals surface area contributed by atoms with Crippen LogP contribution in [0.1, 0.15) is 23.5 Å². The lowest BCUT2D eigenvalue weighted by Gasteiger charge is -2.13. The van der Waals surface area contributed by atoms with Gasteiger partial charge in [-0.05, 0) is 67.8 Å². The van der Waals surface area contributed by atoms with Gasteiger partial charge in [0, 0.05) is 10.4 Å². The summed E-state index contributed by atoms with van der Waals surface area (Å²) in [5.74, 6) is -0.731. The molecular weight excluding hydrogens is 369 g/mol. The van der Waals surface area contributed by atoms with Crippen LogP contribution in [-0.2, 0) is 9.53 Å². The Bertz CT molecular complexity index is 968. The van der Waals surface area contributed by atoms with E-state index >= 15 is 0 Å². The second-order valence-corrected chi connectivity index (χ2v) is 6.87. The third kappa shape index (κ3) is 4.62. The molecule has 0 aliphatic rings. The van der Waals surface area contributed by atoms with Crippen LogP contribution in [0.15, 0.2) is 48.5 Å². The van der Waals surface area contributed by atoms with Gasteiger partial charge in [-0.2, -0.15) is 0 Å². The minimum absolute atomic E-state index is 0.316. The predicted molar refractivity (Wildman–Crippen MR) is 103 cm³/mol. The summed E-state index contributed by atoms with van der Waals surface area (Å²) in [6, 6.07) is 12.7. The van der Waals surface area contributed by atoms with Crippen molar-refractivity contribution in [2.24, 2.45) is 0 Å². The van der Waals surface area contributed by atoms with Gasteiger partial charge < -0.3 is 14.8 Å². The van der Waals surface area contributed by atoms with Crippen LogP contribution in [0.5, 0.6) is 5.75 Å². The minimum atomic E-state index is -0.981. The average molecular weight is 387 g/mol. The summed E-state index contributed by atoms with van der Waals surface area (Å²) >= 11 is 1.19. The minimum Gasteiger partial charge on any atom is -0.494 e. The smallest absolute Gasteiger partial charge is 0.349 e. The maximum Gasteiger partial charge on any atom is 0.349 e. The maximum atomic E-state index is 13.3. The Morgan fingerprint density at radius 3 is 2.59 bits per heavy atom. The molecular formula is C20H18FNO4S. The number of fused-ring (bicyclic) bond motifs is 1. The van der Waals surface area contributed by atoms with Gasteiger partial charge in [0.25, 0.3) is 5.91 Å². The van der Waals surface area contributed by atoms with Crippen LogP contribution in [0.4, 0.5) is 10.1 Å². The van der Waals surface area contributed by atoms with Gasteiger partial charge in [0.2, 0.25) is 0 Å². The fourth-order valence-electron chi connectivity index (χ4n) is 2.43. The van der Waals surface area contributed by atoms with Gasteiger partial charge in [0.15, 0.2) is 6.10 Å². The first kappa shape index (κ1) is 18.8. The first-order valence-corrected chi connectivity index (χ1v) is 9.21. The van der Waals surface area contributed by atoms with Crippen molar-refractivity contribution >= 4 is 39.0 Å². The second-order valence-electron chi connectivity index (χ2n) is 5.79. The lowest BCUT2D eigenvalue weighted by molar-refractivity contribution is -0.123. The Hall–Kier alpha value is -2.93. The van der Waals surface area contributed by atoms with E-state index in [1.54, 1.807) is 36.4 Å². The Balaban J connectivity index is 1.61. The SMILES string of the molecule is CCOc1ccc(NC(=O)[C@@H](C)OC(=O)c2cc3cc(F)ccc3s2)cc1. The molecule has 0 aliphatic heterocycles. The number of ether oxygens (including phenoxy) is 2. The lowest BCUT2D eigenvalue weighted by Crippen LogP contribution is -2.29. The number of amides is 1. The molecule has 140 valence electrons. The summed E-state index contributed by atoms with van der Waals surface area (Å²) in [6.45, 7) is 3.94. The van der Waals surface area contributed by atoms with E-state index < -0.39 is 18.0 Å². The molecule has 5 nitrogen and oxygen atoms in total. The van der Waals surface area contributed by atoms with Gasteiger partial charge in [0.05, 0.1) is 6.61 Å². The number of nitrogens with one attached hydrogen (secondary N) is 1. The summed E-state index contributed by atoms with van der Waals surface area (Å²) in [7, 11) is 0. The average Bonchev–Trinajstić information content (AvgIpc) is 3.06. The van der Waals surface area contributed by atoms with E-state index in [4.69, 9.17) is 9.47 Å². The highest BCUT2D eigenvalue weighted by molar-refractivity contribution is 7.20. The highest BCUT2D eigenvalue weighted by atomic mass is 32.1. The van der Waals surface area contributed by atoms with Crippen molar-refractivity contribution in [3.05, 3.63) is 59.2 Å². The van der Waals surface area contributed by atoms with Crippen LogP contribution in [0.3, 0.4) is 0 Å². The van der Waals surface area contributed by atoms with Crippen LogP contribution in [-0.4, -0.2) is 24.6 Å². The second kappa shape index (κ2) is 8.18. The van der Waals surface area contributed by atoms with E-state index in [2.05, 4.69) is 5.32 Å². The van der Waals surface area contributed by atoms with E-state index in [0.29, 0.717) is 28.3 Å².